The fraction of sp³-hybridized carbons (Fsp3) is 0.143. The Hall–Kier alpha value is -2.76. The van der Waals surface area contributed by atoms with Gasteiger partial charge in [0.05, 0.1) is 6.42 Å². The second kappa shape index (κ2) is 5.92. The summed E-state index contributed by atoms with van der Waals surface area (Å²) in [5, 5.41) is 11.4. The molecule has 0 saturated carbocycles. The van der Waals surface area contributed by atoms with Crippen LogP contribution in [0.2, 0.25) is 0 Å². The summed E-state index contributed by atoms with van der Waals surface area (Å²) in [4.78, 5) is 30.6. The summed E-state index contributed by atoms with van der Waals surface area (Å²) in [5.41, 5.74) is 1.42. The zero-order valence-electron chi connectivity index (χ0n) is 10.8. The summed E-state index contributed by atoms with van der Waals surface area (Å²) in [5.74, 6) is -0.764. The minimum Gasteiger partial charge on any atom is -0.481 e. The third kappa shape index (κ3) is 3.61. The van der Waals surface area contributed by atoms with Crippen LogP contribution in [-0.4, -0.2) is 27.0 Å². The number of benzene rings is 1. The van der Waals surface area contributed by atoms with Gasteiger partial charge in [0, 0.05) is 11.9 Å². The molecule has 0 radical (unpaired) electrons. The van der Waals surface area contributed by atoms with Crippen LogP contribution in [0.25, 0.3) is 0 Å². The maximum Gasteiger partial charge on any atom is 0.307 e. The fourth-order valence-corrected chi connectivity index (χ4v) is 1.71. The van der Waals surface area contributed by atoms with Gasteiger partial charge >= 0.3 is 5.97 Å². The summed E-state index contributed by atoms with van der Waals surface area (Å²) < 4.78 is 0. The fourth-order valence-electron chi connectivity index (χ4n) is 1.71. The highest BCUT2D eigenvalue weighted by Gasteiger charge is 2.09. The van der Waals surface area contributed by atoms with Crippen molar-refractivity contribution in [2.45, 2.75) is 13.3 Å². The number of nitrogens with zero attached hydrogens (tertiary/aromatic N) is 2. The minimum atomic E-state index is -0.917. The number of carbonyl (C=O) groups excluding carboxylic acids is 1. The molecule has 0 bridgehead atoms. The van der Waals surface area contributed by atoms with Crippen LogP contribution in [0.1, 0.15) is 21.9 Å². The van der Waals surface area contributed by atoms with E-state index in [1.165, 1.54) is 12.3 Å². The van der Waals surface area contributed by atoms with Crippen LogP contribution in [-0.2, 0) is 11.2 Å². The predicted molar refractivity (Wildman–Crippen MR) is 72.5 cm³/mol. The SMILES string of the molecule is Cc1nccc(C(=O)Nc2cccc(CC(=O)O)c2)n1. The molecule has 1 heterocycles. The highest BCUT2D eigenvalue weighted by atomic mass is 16.4. The summed E-state index contributed by atoms with van der Waals surface area (Å²) >= 11 is 0. The average molecular weight is 271 g/mol. The van der Waals surface area contributed by atoms with Gasteiger partial charge in [0.25, 0.3) is 5.91 Å². The van der Waals surface area contributed by atoms with Crippen molar-refractivity contribution in [2.75, 3.05) is 5.32 Å². The van der Waals surface area contributed by atoms with Crippen molar-refractivity contribution in [3.8, 4) is 0 Å². The zero-order valence-corrected chi connectivity index (χ0v) is 10.8. The number of carboxylic acids is 1. The number of amides is 1. The van der Waals surface area contributed by atoms with Gasteiger partial charge in [-0.05, 0) is 30.7 Å². The summed E-state index contributed by atoms with van der Waals surface area (Å²) in [7, 11) is 0. The van der Waals surface area contributed by atoms with Crippen molar-refractivity contribution >= 4 is 17.6 Å². The number of hydrogen-bond acceptors (Lipinski definition) is 4. The van der Waals surface area contributed by atoms with Crippen LogP contribution in [0, 0.1) is 6.92 Å². The predicted octanol–water partition coefficient (Wildman–Crippen LogP) is 1.66. The van der Waals surface area contributed by atoms with E-state index in [-0.39, 0.29) is 18.0 Å². The summed E-state index contributed by atoms with van der Waals surface area (Å²) in [6.07, 6.45) is 1.43. The lowest BCUT2D eigenvalue weighted by Gasteiger charge is -2.06. The van der Waals surface area contributed by atoms with Crippen molar-refractivity contribution in [1.82, 2.24) is 9.97 Å². The molecule has 0 atom stereocenters. The Kier molecular flexibility index (Phi) is 4.05. The third-order valence-electron chi connectivity index (χ3n) is 2.55. The van der Waals surface area contributed by atoms with E-state index in [2.05, 4.69) is 15.3 Å². The molecular formula is C14H13N3O3. The Morgan fingerprint density at radius 3 is 2.80 bits per heavy atom. The van der Waals surface area contributed by atoms with Crippen LogP contribution >= 0.6 is 0 Å². The lowest BCUT2D eigenvalue weighted by Crippen LogP contribution is -2.14. The molecular weight excluding hydrogens is 258 g/mol. The Morgan fingerprint density at radius 2 is 2.10 bits per heavy atom. The zero-order chi connectivity index (χ0) is 14.5. The molecule has 2 N–H and O–H groups in total. The minimum absolute atomic E-state index is 0.0870. The first-order chi connectivity index (χ1) is 9.54. The van der Waals surface area contributed by atoms with E-state index in [0.29, 0.717) is 17.1 Å². The molecule has 0 aliphatic rings. The molecule has 1 aromatic heterocycles. The van der Waals surface area contributed by atoms with Gasteiger partial charge < -0.3 is 10.4 Å². The molecule has 1 amide bonds. The lowest BCUT2D eigenvalue weighted by atomic mass is 10.1. The van der Waals surface area contributed by atoms with Crippen LogP contribution < -0.4 is 5.32 Å². The number of aryl methyl sites for hydroxylation is 1. The van der Waals surface area contributed by atoms with Crippen molar-refractivity contribution in [2.24, 2.45) is 0 Å². The Balaban J connectivity index is 2.13. The van der Waals surface area contributed by atoms with E-state index in [1.54, 1.807) is 31.2 Å². The summed E-state index contributed by atoms with van der Waals surface area (Å²) in [6.45, 7) is 1.70. The van der Waals surface area contributed by atoms with Gasteiger partial charge in [0.15, 0.2) is 0 Å². The average Bonchev–Trinajstić information content (AvgIpc) is 2.38. The molecule has 6 heteroatoms. The highest BCUT2D eigenvalue weighted by Crippen LogP contribution is 2.12. The highest BCUT2D eigenvalue weighted by molar-refractivity contribution is 6.02. The molecule has 2 rings (SSSR count). The molecule has 0 saturated heterocycles. The van der Waals surface area contributed by atoms with Crippen LogP contribution in [0.4, 0.5) is 5.69 Å². The van der Waals surface area contributed by atoms with Crippen molar-refractivity contribution in [1.29, 1.82) is 0 Å². The second-order valence-corrected chi connectivity index (χ2v) is 4.21. The number of anilines is 1. The largest absolute Gasteiger partial charge is 0.481 e. The lowest BCUT2D eigenvalue weighted by molar-refractivity contribution is -0.136. The third-order valence-corrected chi connectivity index (χ3v) is 2.55. The van der Waals surface area contributed by atoms with Gasteiger partial charge in [-0.2, -0.15) is 0 Å². The quantitative estimate of drug-likeness (QED) is 0.882. The first-order valence-electron chi connectivity index (χ1n) is 5.96. The van der Waals surface area contributed by atoms with Crippen LogP contribution in [0.5, 0.6) is 0 Å². The molecule has 0 fully saturated rings. The molecule has 6 nitrogen and oxygen atoms in total. The molecule has 0 aliphatic heterocycles. The topological polar surface area (TPSA) is 92.2 Å². The van der Waals surface area contributed by atoms with E-state index in [0.717, 1.165) is 0 Å². The monoisotopic (exact) mass is 271 g/mol. The van der Waals surface area contributed by atoms with Gasteiger partial charge in [-0.1, -0.05) is 12.1 Å². The van der Waals surface area contributed by atoms with Gasteiger partial charge in [-0.25, -0.2) is 9.97 Å². The van der Waals surface area contributed by atoms with E-state index in [1.807, 2.05) is 0 Å². The van der Waals surface area contributed by atoms with Crippen molar-refractivity contribution in [3.05, 3.63) is 53.6 Å². The van der Waals surface area contributed by atoms with Crippen molar-refractivity contribution in [3.63, 3.8) is 0 Å². The smallest absolute Gasteiger partial charge is 0.307 e. The van der Waals surface area contributed by atoms with Gasteiger partial charge in [-0.3, -0.25) is 9.59 Å². The first kappa shape index (κ1) is 13.7. The number of aliphatic carboxylic acids is 1. The summed E-state index contributed by atoms with van der Waals surface area (Å²) in [6, 6.07) is 8.22. The maximum absolute atomic E-state index is 12.0. The van der Waals surface area contributed by atoms with Gasteiger partial charge in [-0.15, -0.1) is 0 Å². The molecule has 20 heavy (non-hydrogen) atoms. The van der Waals surface area contributed by atoms with Crippen LogP contribution in [0.3, 0.4) is 0 Å². The molecule has 0 spiro atoms. The maximum atomic E-state index is 12.0. The number of nitrogens with one attached hydrogen (secondary N) is 1. The van der Waals surface area contributed by atoms with Crippen LogP contribution in [0.15, 0.2) is 36.5 Å². The second-order valence-electron chi connectivity index (χ2n) is 4.21. The normalized spacial score (nSPS) is 10.1. The number of rotatable bonds is 4. The standard InChI is InChI=1S/C14H13N3O3/c1-9-15-6-5-12(16-9)14(20)17-11-4-2-3-10(7-11)8-13(18)19/h2-7H,8H2,1H3,(H,17,20)(H,18,19). The molecule has 102 valence electrons. The molecule has 2 aromatic rings. The number of aromatic nitrogens is 2. The van der Waals surface area contributed by atoms with E-state index in [9.17, 15) is 9.59 Å². The Labute approximate surface area is 115 Å². The Bertz CT molecular complexity index is 656. The molecule has 1 aromatic carbocycles. The molecule has 0 unspecified atom stereocenters. The van der Waals surface area contributed by atoms with Gasteiger partial charge in [0.1, 0.15) is 11.5 Å². The first-order valence-corrected chi connectivity index (χ1v) is 5.96. The number of hydrogen-bond donors (Lipinski definition) is 2. The Morgan fingerprint density at radius 1 is 1.30 bits per heavy atom. The van der Waals surface area contributed by atoms with Gasteiger partial charge in [0.2, 0.25) is 0 Å². The van der Waals surface area contributed by atoms with E-state index in [4.69, 9.17) is 5.11 Å². The molecule has 0 aliphatic carbocycles. The number of carbonyl (C=O) groups is 2. The van der Waals surface area contributed by atoms with Crippen molar-refractivity contribution < 1.29 is 14.7 Å². The van der Waals surface area contributed by atoms with E-state index >= 15 is 0 Å². The number of carboxylic acid groups (broad SMARTS) is 1. The van der Waals surface area contributed by atoms with E-state index < -0.39 is 5.97 Å².